The van der Waals surface area contributed by atoms with Crippen LogP contribution < -0.4 is 16.0 Å². The molecule has 0 saturated carbocycles. The van der Waals surface area contributed by atoms with Crippen molar-refractivity contribution >= 4 is 29.2 Å². The molecule has 6 nitrogen and oxygen atoms in total. The largest absolute Gasteiger partial charge is 0.337 e. The third kappa shape index (κ3) is 2.89. The molecule has 1 aromatic carbocycles. The Balaban J connectivity index is 1.85. The number of nitrogens with two attached hydrogens (primary N) is 1. The fourth-order valence-corrected chi connectivity index (χ4v) is 3.15. The Hall–Kier alpha value is -1.79. The van der Waals surface area contributed by atoms with Gasteiger partial charge >= 0.3 is 6.03 Å². The maximum atomic E-state index is 12.6. The van der Waals surface area contributed by atoms with Gasteiger partial charge < -0.3 is 16.0 Å². The normalized spacial score (nSPS) is 21.9. The van der Waals surface area contributed by atoms with E-state index in [9.17, 15) is 9.59 Å². The summed E-state index contributed by atoms with van der Waals surface area (Å²) < 4.78 is 0. The number of likely N-dealkylation sites (tertiary alicyclic amines) is 1. The zero-order valence-corrected chi connectivity index (χ0v) is 13.0. The quantitative estimate of drug-likeness (QED) is 0.864. The maximum Gasteiger partial charge on any atom is 0.322 e. The van der Waals surface area contributed by atoms with Crippen LogP contribution in [0.2, 0.25) is 5.02 Å². The highest BCUT2D eigenvalue weighted by Crippen LogP contribution is 2.29. The van der Waals surface area contributed by atoms with E-state index < -0.39 is 0 Å². The van der Waals surface area contributed by atoms with Crippen LogP contribution in [0, 0.1) is 0 Å². The van der Waals surface area contributed by atoms with Crippen LogP contribution in [0.15, 0.2) is 18.2 Å². The fourth-order valence-electron chi connectivity index (χ4n) is 2.93. The third-order valence-corrected chi connectivity index (χ3v) is 4.41. The molecule has 7 heteroatoms. The summed E-state index contributed by atoms with van der Waals surface area (Å²) in [6.07, 6.45) is 1.87. The first kappa shape index (κ1) is 15.1. The van der Waals surface area contributed by atoms with Crippen LogP contribution in [0.4, 0.5) is 10.5 Å². The van der Waals surface area contributed by atoms with Crippen LogP contribution >= 0.6 is 11.6 Å². The van der Waals surface area contributed by atoms with Crippen molar-refractivity contribution in [2.75, 3.05) is 31.1 Å². The molecule has 2 heterocycles. The molecule has 0 aromatic heterocycles. The Morgan fingerprint density at radius 1 is 1.36 bits per heavy atom. The molecule has 0 bridgehead atoms. The number of nitrogens with zero attached hydrogens (tertiary/aromatic N) is 2. The monoisotopic (exact) mass is 322 g/mol. The molecule has 2 aliphatic heterocycles. The summed E-state index contributed by atoms with van der Waals surface area (Å²) in [5, 5.41) is 3.19. The van der Waals surface area contributed by atoms with Gasteiger partial charge in [0.2, 0.25) is 0 Å². The zero-order chi connectivity index (χ0) is 15.7. The Kier molecular flexibility index (Phi) is 4.22. The van der Waals surface area contributed by atoms with Crippen LogP contribution in [0.3, 0.4) is 0 Å². The SMILES string of the molecule is NC1CCCN(C(=O)c2ccc(Cl)c(N3CCNC3=O)c2)C1. The summed E-state index contributed by atoms with van der Waals surface area (Å²) in [6.45, 7) is 2.41. The summed E-state index contributed by atoms with van der Waals surface area (Å²) in [7, 11) is 0. The first-order chi connectivity index (χ1) is 10.6. The standard InChI is InChI=1S/C15H19ClN4O2/c16-12-4-3-10(8-13(12)20-7-5-18-15(20)22)14(21)19-6-1-2-11(17)9-19/h3-4,8,11H,1-2,5-7,9,17H2,(H,18,22). The summed E-state index contributed by atoms with van der Waals surface area (Å²) >= 11 is 6.19. The van der Waals surface area contributed by atoms with Gasteiger partial charge in [-0.2, -0.15) is 0 Å². The highest BCUT2D eigenvalue weighted by molar-refractivity contribution is 6.34. The molecular formula is C15H19ClN4O2. The van der Waals surface area contributed by atoms with Gasteiger partial charge in [-0.1, -0.05) is 11.6 Å². The lowest BCUT2D eigenvalue weighted by Crippen LogP contribution is -2.45. The van der Waals surface area contributed by atoms with E-state index in [2.05, 4.69) is 5.32 Å². The van der Waals surface area contributed by atoms with Crippen molar-refractivity contribution in [1.29, 1.82) is 0 Å². The second-order valence-electron chi connectivity index (χ2n) is 5.70. The molecule has 0 radical (unpaired) electrons. The fraction of sp³-hybridized carbons (Fsp3) is 0.467. The molecule has 2 aliphatic rings. The first-order valence-corrected chi connectivity index (χ1v) is 7.84. The summed E-state index contributed by atoms with van der Waals surface area (Å²) in [4.78, 5) is 27.7. The van der Waals surface area contributed by atoms with E-state index in [4.69, 9.17) is 17.3 Å². The maximum absolute atomic E-state index is 12.6. The number of carbonyl (C=O) groups is 2. The number of halogens is 1. The van der Waals surface area contributed by atoms with Crippen molar-refractivity contribution in [3.8, 4) is 0 Å². The van der Waals surface area contributed by atoms with Crippen molar-refractivity contribution in [1.82, 2.24) is 10.2 Å². The van der Waals surface area contributed by atoms with E-state index in [1.165, 1.54) is 0 Å². The molecule has 0 aliphatic carbocycles. The molecule has 2 saturated heterocycles. The number of hydrogen-bond donors (Lipinski definition) is 2. The van der Waals surface area contributed by atoms with Gasteiger partial charge in [-0.3, -0.25) is 9.69 Å². The van der Waals surface area contributed by atoms with Gasteiger partial charge in [-0.05, 0) is 31.0 Å². The highest BCUT2D eigenvalue weighted by atomic mass is 35.5. The van der Waals surface area contributed by atoms with E-state index in [0.29, 0.717) is 42.5 Å². The number of amides is 3. The average molecular weight is 323 g/mol. The predicted molar refractivity (Wildman–Crippen MR) is 85.3 cm³/mol. The smallest absolute Gasteiger partial charge is 0.322 e. The number of piperidine rings is 1. The van der Waals surface area contributed by atoms with Crippen LogP contribution in [0.25, 0.3) is 0 Å². The van der Waals surface area contributed by atoms with E-state index in [1.807, 2.05) is 0 Å². The van der Waals surface area contributed by atoms with Crippen molar-refractivity contribution in [2.24, 2.45) is 5.73 Å². The molecular weight excluding hydrogens is 304 g/mol. The van der Waals surface area contributed by atoms with Gasteiger partial charge in [0.05, 0.1) is 10.7 Å². The van der Waals surface area contributed by atoms with Crippen molar-refractivity contribution < 1.29 is 9.59 Å². The lowest BCUT2D eigenvalue weighted by molar-refractivity contribution is 0.0709. The van der Waals surface area contributed by atoms with Crippen LogP contribution in [0.1, 0.15) is 23.2 Å². The number of nitrogens with one attached hydrogen (secondary N) is 1. The van der Waals surface area contributed by atoms with Crippen LogP contribution in [-0.4, -0.2) is 49.1 Å². The minimum atomic E-state index is -0.188. The number of hydrogen-bond acceptors (Lipinski definition) is 3. The molecule has 1 atom stereocenters. The van der Waals surface area contributed by atoms with Gasteiger partial charge in [-0.25, -0.2) is 4.79 Å². The zero-order valence-electron chi connectivity index (χ0n) is 12.2. The Labute approximate surface area is 134 Å². The van der Waals surface area contributed by atoms with Gasteiger partial charge in [0, 0.05) is 37.8 Å². The van der Waals surface area contributed by atoms with Gasteiger partial charge in [0.1, 0.15) is 0 Å². The van der Waals surface area contributed by atoms with Crippen LogP contribution in [-0.2, 0) is 0 Å². The number of anilines is 1. The minimum absolute atomic E-state index is 0.0360. The second kappa shape index (κ2) is 6.14. The van der Waals surface area contributed by atoms with Crippen LogP contribution in [0.5, 0.6) is 0 Å². The predicted octanol–water partition coefficient (Wildman–Crippen LogP) is 1.43. The summed E-state index contributed by atoms with van der Waals surface area (Å²) in [6, 6.07) is 4.90. The highest BCUT2D eigenvalue weighted by Gasteiger charge is 2.26. The van der Waals surface area contributed by atoms with E-state index >= 15 is 0 Å². The topological polar surface area (TPSA) is 78.7 Å². The lowest BCUT2D eigenvalue weighted by Gasteiger charge is -2.31. The van der Waals surface area contributed by atoms with Gasteiger partial charge in [0.15, 0.2) is 0 Å². The van der Waals surface area contributed by atoms with Gasteiger partial charge in [-0.15, -0.1) is 0 Å². The van der Waals surface area contributed by atoms with E-state index in [-0.39, 0.29) is 18.0 Å². The Morgan fingerprint density at radius 2 is 2.18 bits per heavy atom. The molecule has 3 amide bonds. The van der Waals surface area contributed by atoms with Gasteiger partial charge in [0.25, 0.3) is 5.91 Å². The molecule has 118 valence electrons. The lowest BCUT2D eigenvalue weighted by atomic mass is 10.0. The number of benzene rings is 1. The number of carbonyl (C=O) groups excluding carboxylic acids is 2. The van der Waals surface area contributed by atoms with E-state index in [0.717, 1.165) is 12.8 Å². The minimum Gasteiger partial charge on any atom is -0.337 e. The number of rotatable bonds is 2. The Morgan fingerprint density at radius 3 is 2.86 bits per heavy atom. The molecule has 22 heavy (non-hydrogen) atoms. The number of urea groups is 1. The molecule has 3 N–H and O–H groups in total. The molecule has 2 fully saturated rings. The van der Waals surface area contributed by atoms with Crippen molar-refractivity contribution in [3.05, 3.63) is 28.8 Å². The average Bonchev–Trinajstić information content (AvgIpc) is 2.93. The molecule has 1 aromatic rings. The molecule has 0 spiro atoms. The first-order valence-electron chi connectivity index (χ1n) is 7.46. The third-order valence-electron chi connectivity index (χ3n) is 4.09. The second-order valence-corrected chi connectivity index (χ2v) is 6.11. The summed E-state index contributed by atoms with van der Waals surface area (Å²) in [5.41, 5.74) is 7.04. The molecule has 3 rings (SSSR count). The van der Waals surface area contributed by atoms with Crippen molar-refractivity contribution in [2.45, 2.75) is 18.9 Å². The summed E-state index contributed by atoms with van der Waals surface area (Å²) in [5.74, 6) is -0.0623. The molecule has 1 unspecified atom stereocenters. The van der Waals surface area contributed by atoms with E-state index in [1.54, 1.807) is 28.0 Å². The van der Waals surface area contributed by atoms with Crippen molar-refractivity contribution in [3.63, 3.8) is 0 Å². The Bertz CT molecular complexity index is 607.